The van der Waals surface area contributed by atoms with Crippen molar-refractivity contribution in [2.24, 2.45) is 0 Å². The number of benzene rings is 2. The Morgan fingerprint density at radius 3 is 2.50 bits per heavy atom. The third-order valence-corrected chi connectivity index (χ3v) is 5.41. The fourth-order valence-electron chi connectivity index (χ4n) is 2.86. The number of rotatable bonds is 7. The van der Waals surface area contributed by atoms with Crippen LogP contribution in [0.3, 0.4) is 0 Å². The molecule has 26 heavy (non-hydrogen) atoms. The van der Waals surface area contributed by atoms with Gasteiger partial charge in [0, 0.05) is 17.0 Å². The minimum atomic E-state index is -0.289. The summed E-state index contributed by atoms with van der Waals surface area (Å²) in [4.78, 5) is 14.0. The van der Waals surface area contributed by atoms with Gasteiger partial charge in [-0.1, -0.05) is 36.4 Å². The fourth-order valence-corrected chi connectivity index (χ4v) is 3.63. The lowest BCUT2D eigenvalue weighted by Crippen LogP contribution is -3.12. The Morgan fingerprint density at radius 2 is 1.77 bits per heavy atom. The van der Waals surface area contributed by atoms with E-state index in [4.69, 9.17) is 4.74 Å². The van der Waals surface area contributed by atoms with E-state index in [1.165, 1.54) is 23.4 Å². The Hall–Kier alpha value is -1.89. The van der Waals surface area contributed by atoms with Crippen LogP contribution >= 0.6 is 11.8 Å². The number of hydrogen-bond acceptors (Lipinski definition) is 3. The van der Waals surface area contributed by atoms with Crippen LogP contribution in [-0.4, -0.2) is 38.0 Å². The molecule has 1 saturated heterocycles. The number of carbonyl (C=O) groups excluding carboxylic acids is 1. The van der Waals surface area contributed by atoms with Gasteiger partial charge in [0.15, 0.2) is 0 Å². The first kappa shape index (κ1) is 18.9. The summed E-state index contributed by atoms with van der Waals surface area (Å²) in [6.45, 7) is 5.28. The van der Waals surface area contributed by atoms with Crippen molar-refractivity contribution in [2.75, 3.05) is 32.1 Å². The first-order valence-electron chi connectivity index (χ1n) is 8.84. The molecule has 4 nitrogen and oxygen atoms in total. The van der Waals surface area contributed by atoms with Gasteiger partial charge in [-0.15, -0.1) is 11.8 Å². The van der Waals surface area contributed by atoms with Gasteiger partial charge in [0.1, 0.15) is 25.5 Å². The standard InChI is InChI=1S/C20H23FN2O2S/c21-18-3-1-2-4-19(18)26-15-20(24)22-13-16-5-7-17(8-6-16)14-23-9-11-25-12-10-23/h1-8H,9-15H2,(H,22,24)/p+1. The van der Waals surface area contributed by atoms with Gasteiger partial charge in [0.2, 0.25) is 5.91 Å². The van der Waals surface area contributed by atoms with E-state index < -0.39 is 0 Å². The summed E-state index contributed by atoms with van der Waals surface area (Å²) >= 11 is 1.21. The van der Waals surface area contributed by atoms with Gasteiger partial charge in [0.25, 0.3) is 0 Å². The minimum Gasteiger partial charge on any atom is -0.370 e. The topological polar surface area (TPSA) is 42.8 Å². The van der Waals surface area contributed by atoms with Crippen LogP contribution in [-0.2, 0) is 22.6 Å². The second-order valence-corrected chi connectivity index (χ2v) is 7.37. The van der Waals surface area contributed by atoms with Crippen LogP contribution < -0.4 is 10.2 Å². The third kappa shape index (κ3) is 5.83. The molecule has 2 aromatic rings. The number of quaternary nitrogens is 1. The van der Waals surface area contributed by atoms with E-state index in [1.54, 1.807) is 23.1 Å². The first-order chi connectivity index (χ1) is 12.7. The van der Waals surface area contributed by atoms with E-state index in [-0.39, 0.29) is 17.5 Å². The first-order valence-corrected chi connectivity index (χ1v) is 9.82. The summed E-state index contributed by atoms with van der Waals surface area (Å²) in [5.41, 5.74) is 2.36. The van der Waals surface area contributed by atoms with Gasteiger partial charge in [-0.25, -0.2) is 4.39 Å². The largest absolute Gasteiger partial charge is 0.370 e. The molecule has 3 rings (SSSR count). The second kappa shape index (κ2) is 9.71. The molecule has 1 aliphatic rings. The predicted octanol–water partition coefficient (Wildman–Crippen LogP) is 1.65. The molecule has 0 bridgehead atoms. The summed E-state index contributed by atoms with van der Waals surface area (Å²) in [7, 11) is 0. The van der Waals surface area contributed by atoms with Crippen molar-refractivity contribution < 1.29 is 18.8 Å². The van der Waals surface area contributed by atoms with Crippen LogP contribution in [0.4, 0.5) is 4.39 Å². The van der Waals surface area contributed by atoms with E-state index in [2.05, 4.69) is 29.6 Å². The highest BCUT2D eigenvalue weighted by atomic mass is 32.2. The van der Waals surface area contributed by atoms with E-state index >= 15 is 0 Å². The molecule has 1 heterocycles. The lowest BCUT2D eigenvalue weighted by atomic mass is 10.1. The molecule has 0 unspecified atom stereocenters. The molecule has 0 radical (unpaired) electrons. The van der Waals surface area contributed by atoms with Crippen LogP contribution in [0, 0.1) is 5.82 Å². The zero-order valence-electron chi connectivity index (χ0n) is 14.7. The Bertz CT molecular complexity index is 718. The van der Waals surface area contributed by atoms with Gasteiger partial charge in [-0.3, -0.25) is 4.79 Å². The highest BCUT2D eigenvalue weighted by Crippen LogP contribution is 2.20. The third-order valence-electron chi connectivity index (χ3n) is 4.36. The van der Waals surface area contributed by atoms with E-state index in [0.29, 0.717) is 11.4 Å². The SMILES string of the molecule is O=C(CSc1ccccc1F)NCc1ccc(C[NH+]2CCOCC2)cc1. The maximum absolute atomic E-state index is 13.5. The van der Waals surface area contributed by atoms with Gasteiger partial charge in [-0.2, -0.15) is 0 Å². The summed E-state index contributed by atoms with van der Waals surface area (Å²) in [5.74, 6) is -0.178. The molecule has 0 aromatic heterocycles. The van der Waals surface area contributed by atoms with Crippen molar-refractivity contribution in [3.05, 3.63) is 65.5 Å². The van der Waals surface area contributed by atoms with E-state index in [0.717, 1.165) is 38.4 Å². The molecular weight excluding hydrogens is 351 g/mol. The predicted molar refractivity (Wildman–Crippen MR) is 101 cm³/mol. The number of thioether (sulfide) groups is 1. The molecule has 0 atom stereocenters. The normalized spacial score (nSPS) is 15.0. The molecule has 0 aliphatic carbocycles. The van der Waals surface area contributed by atoms with Crippen molar-refractivity contribution in [2.45, 2.75) is 18.0 Å². The van der Waals surface area contributed by atoms with Crippen molar-refractivity contribution in [1.29, 1.82) is 0 Å². The average Bonchev–Trinajstić information content (AvgIpc) is 2.68. The number of morpholine rings is 1. The quantitative estimate of drug-likeness (QED) is 0.724. The molecule has 1 amide bonds. The summed E-state index contributed by atoms with van der Waals surface area (Å²) < 4.78 is 18.9. The lowest BCUT2D eigenvalue weighted by molar-refractivity contribution is -0.921. The molecular formula is C20H24FN2O2S+. The maximum Gasteiger partial charge on any atom is 0.230 e. The number of nitrogens with one attached hydrogen (secondary N) is 2. The zero-order valence-corrected chi connectivity index (χ0v) is 15.5. The van der Waals surface area contributed by atoms with Crippen LogP contribution in [0.1, 0.15) is 11.1 Å². The van der Waals surface area contributed by atoms with Crippen LogP contribution in [0.2, 0.25) is 0 Å². The minimum absolute atomic E-state index is 0.0971. The lowest BCUT2D eigenvalue weighted by Gasteiger charge is -2.23. The van der Waals surface area contributed by atoms with E-state index in [9.17, 15) is 9.18 Å². The molecule has 0 saturated carbocycles. The summed E-state index contributed by atoms with van der Waals surface area (Å²) in [5, 5.41) is 2.89. The zero-order chi connectivity index (χ0) is 18.2. The van der Waals surface area contributed by atoms with Crippen LogP contribution in [0.5, 0.6) is 0 Å². The molecule has 1 fully saturated rings. The van der Waals surface area contributed by atoms with Crippen molar-refractivity contribution in [3.8, 4) is 0 Å². The highest BCUT2D eigenvalue weighted by Gasteiger charge is 2.14. The highest BCUT2D eigenvalue weighted by molar-refractivity contribution is 8.00. The van der Waals surface area contributed by atoms with Crippen LogP contribution in [0.15, 0.2) is 53.4 Å². The molecule has 138 valence electrons. The second-order valence-electron chi connectivity index (χ2n) is 6.35. The monoisotopic (exact) mass is 375 g/mol. The smallest absolute Gasteiger partial charge is 0.230 e. The summed E-state index contributed by atoms with van der Waals surface area (Å²) in [6.07, 6.45) is 0. The van der Waals surface area contributed by atoms with Crippen LogP contribution in [0.25, 0.3) is 0 Å². The van der Waals surface area contributed by atoms with Gasteiger partial charge >= 0.3 is 0 Å². The molecule has 2 N–H and O–H groups in total. The number of hydrogen-bond donors (Lipinski definition) is 2. The number of carbonyl (C=O) groups is 1. The van der Waals surface area contributed by atoms with Crippen molar-refractivity contribution in [1.82, 2.24) is 5.32 Å². The molecule has 0 spiro atoms. The summed E-state index contributed by atoms with van der Waals surface area (Å²) in [6, 6.07) is 14.9. The number of amides is 1. The molecule has 1 aliphatic heterocycles. The Balaban J connectivity index is 1.41. The molecule has 6 heteroatoms. The maximum atomic E-state index is 13.5. The Labute approximate surface area is 157 Å². The number of ether oxygens (including phenoxy) is 1. The fraction of sp³-hybridized carbons (Fsp3) is 0.350. The van der Waals surface area contributed by atoms with Gasteiger partial charge < -0.3 is 15.0 Å². The van der Waals surface area contributed by atoms with E-state index in [1.807, 2.05) is 0 Å². The average molecular weight is 375 g/mol. The van der Waals surface area contributed by atoms with Gasteiger partial charge in [0.05, 0.1) is 19.0 Å². The number of halogens is 1. The van der Waals surface area contributed by atoms with Crippen molar-refractivity contribution in [3.63, 3.8) is 0 Å². The van der Waals surface area contributed by atoms with Crippen molar-refractivity contribution >= 4 is 17.7 Å². The molecule has 2 aromatic carbocycles. The Kier molecular flexibility index (Phi) is 7.05. The van der Waals surface area contributed by atoms with Gasteiger partial charge in [-0.05, 0) is 17.7 Å². The Morgan fingerprint density at radius 1 is 1.08 bits per heavy atom.